The SMILES string of the molecule is CC1OC(=O)Nc2ncnc(N3CCCCC3)c21. The molecule has 18 heavy (non-hydrogen) atoms. The van der Waals surface area contributed by atoms with Crippen molar-refractivity contribution in [2.24, 2.45) is 0 Å². The first-order valence-corrected chi connectivity index (χ1v) is 6.33. The van der Waals surface area contributed by atoms with Crippen LogP contribution in [0.3, 0.4) is 0 Å². The highest BCUT2D eigenvalue weighted by molar-refractivity contribution is 5.88. The normalized spacial score (nSPS) is 23.1. The molecule has 0 bridgehead atoms. The molecule has 1 saturated heterocycles. The van der Waals surface area contributed by atoms with Crippen LogP contribution in [0.2, 0.25) is 0 Å². The number of rotatable bonds is 1. The third-order valence-electron chi connectivity index (χ3n) is 3.43. The second-order valence-corrected chi connectivity index (χ2v) is 4.68. The third kappa shape index (κ3) is 1.87. The Morgan fingerprint density at radius 2 is 2.11 bits per heavy atom. The van der Waals surface area contributed by atoms with Crippen LogP contribution in [-0.4, -0.2) is 29.2 Å². The summed E-state index contributed by atoms with van der Waals surface area (Å²) in [6.07, 6.45) is 4.39. The minimum Gasteiger partial charge on any atom is -0.441 e. The fourth-order valence-electron chi connectivity index (χ4n) is 2.56. The number of fused-ring (bicyclic) bond motifs is 1. The van der Waals surface area contributed by atoms with Gasteiger partial charge < -0.3 is 9.64 Å². The third-order valence-corrected chi connectivity index (χ3v) is 3.43. The molecule has 1 N–H and O–H groups in total. The zero-order valence-corrected chi connectivity index (χ0v) is 10.3. The summed E-state index contributed by atoms with van der Waals surface area (Å²) in [5.41, 5.74) is 0.888. The van der Waals surface area contributed by atoms with Gasteiger partial charge in [-0.1, -0.05) is 0 Å². The first kappa shape index (κ1) is 11.3. The number of amides is 1. The van der Waals surface area contributed by atoms with Crippen molar-refractivity contribution in [3.8, 4) is 0 Å². The van der Waals surface area contributed by atoms with E-state index in [-0.39, 0.29) is 6.10 Å². The zero-order valence-electron chi connectivity index (χ0n) is 10.3. The number of anilines is 2. The Bertz CT molecular complexity index is 471. The first-order chi connectivity index (χ1) is 8.75. The smallest absolute Gasteiger partial charge is 0.413 e. The molecular weight excluding hydrogens is 232 g/mol. The van der Waals surface area contributed by atoms with Crippen LogP contribution in [0, 0.1) is 0 Å². The summed E-state index contributed by atoms with van der Waals surface area (Å²) < 4.78 is 5.19. The van der Waals surface area contributed by atoms with Crippen molar-refractivity contribution < 1.29 is 9.53 Å². The summed E-state index contributed by atoms with van der Waals surface area (Å²) in [4.78, 5) is 22.1. The molecule has 0 aromatic carbocycles. The van der Waals surface area contributed by atoms with Gasteiger partial charge >= 0.3 is 6.09 Å². The predicted octanol–water partition coefficient (Wildman–Crippen LogP) is 2.09. The van der Waals surface area contributed by atoms with Gasteiger partial charge in [-0.25, -0.2) is 14.8 Å². The number of ether oxygens (including phenoxy) is 1. The van der Waals surface area contributed by atoms with Gasteiger partial charge in [0.15, 0.2) is 0 Å². The Labute approximate surface area is 105 Å². The van der Waals surface area contributed by atoms with Gasteiger partial charge in [0.05, 0.1) is 5.56 Å². The number of hydrogen-bond donors (Lipinski definition) is 1. The Balaban J connectivity index is 2.00. The summed E-state index contributed by atoms with van der Waals surface area (Å²) in [5, 5.41) is 2.63. The van der Waals surface area contributed by atoms with Crippen molar-refractivity contribution in [1.29, 1.82) is 0 Å². The van der Waals surface area contributed by atoms with E-state index in [1.54, 1.807) is 0 Å². The van der Waals surface area contributed by atoms with Crippen LogP contribution in [0.1, 0.15) is 37.9 Å². The van der Waals surface area contributed by atoms with Crippen molar-refractivity contribution in [3.63, 3.8) is 0 Å². The average Bonchev–Trinajstić information content (AvgIpc) is 2.38. The van der Waals surface area contributed by atoms with E-state index < -0.39 is 6.09 Å². The second kappa shape index (κ2) is 4.44. The van der Waals surface area contributed by atoms with E-state index in [2.05, 4.69) is 20.2 Å². The molecule has 3 heterocycles. The molecule has 1 atom stereocenters. The number of nitrogens with one attached hydrogen (secondary N) is 1. The summed E-state index contributed by atoms with van der Waals surface area (Å²) in [6.45, 7) is 3.86. The quantitative estimate of drug-likeness (QED) is 0.824. The van der Waals surface area contributed by atoms with Gasteiger partial charge in [0.1, 0.15) is 24.1 Å². The monoisotopic (exact) mass is 248 g/mol. The second-order valence-electron chi connectivity index (χ2n) is 4.68. The lowest BCUT2D eigenvalue weighted by molar-refractivity contribution is 0.116. The van der Waals surface area contributed by atoms with Crippen LogP contribution >= 0.6 is 0 Å². The fourth-order valence-corrected chi connectivity index (χ4v) is 2.56. The predicted molar refractivity (Wildman–Crippen MR) is 66.6 cm³/mol. The van der Waals surface area contributed by atoms with E-state index in [4.69, 9.17) is 4.74 Å². The Hall–Kier alpha value is -1.85. The maximum atomic E-state index is 11.3. The highest BCUT2D eigenvalue weighted by Gasteiger charge is 2.29. The van der Waals surface area contributed by atoms with Crippen molar-refractivity contribution in [2.45, 2.75) is 32.3 Å². The molecule has 96 valence electrons. The molecule has 0 saturated carbocycles. The number of carbonyl (C=O) groups is 1. The Kier molecular flexibility index (Phi) is 2.77. The van der Waals surface area contributed by atoms with Crippen molar-refractivity contribution in [2.75, 3.05) is 23.3 Å². The number of aromatic nitrogens is 2. The van der Waals surface area contributed by atoms with Crippen molar-refractivity contribution in [1.82, 2.24) is 9.97 Å². The van der Waals surface area contributed by atoms with Crippen molar-refractivity contribution in [3.05, 3.63) is 11.9 Å². The zero-order chi connectivity index (χ0) is 12.5. The summed E-state index contributed by atoms with van der Waals surface area (Å²) in [7, 11) is 0. The Morgan fingerprint density at radius 3 is 2.89 bits per heavy atom. The number of hydrogen-bond acceptors (Lipinski definition) is 5. The molecule has 2 aliphatic rings. The van der Waals surface area contributed by atoms with Gasteiger partial charge in [-0.3, -0.25) is 5.32 Å². The summed E-state index contributed by atoms with van der Waals surface area (Å²) >= 11 is 0. The van der Waals surface area contributed by atoms with Crippen LogP contribution < -0.4 is 10.2 Å². The van der Waals surface area contributed by atoms with Crippen LogP contribution in [0.5, 0.6) is 0 Å². The van der Waals surface area contributed by atoms with Gasteiger partial charge in [0.25, 0.3) is 0 Å². The molecule has 1 amide bonds. The van der Waals surface area contributed by atoms with Gasteiger partial charge in [-0.2, -0.15) is 0 Å². The number of nitrogens with zero attached hydrogens (tertiary/aromatic N) is 3. The van der Waals surface area contributed by atoms with E-state index in [1.807, 2.05) is 6.92 Å². The maximum absolute atomic E-state index is 11.3. The standard InChI is InChI=1S/C12H16N4O2/c1-8-9-10(15-12(17)18-8)13-7-14-11(9)16-5-3-2-4-6-16/h7-8H,2-6H2,1H3,(H,13,14,15,17). The number of piperidine rings is 1. The molecule has 1 unspecified atom stereocenters. The first-order valence-electron chi connectivity index (χ1n) is 6.33. The fraction of sp³-hybridized carbons (Fsp3) is 0.583. The van der Waals surface area contributed by atoms with E-state index in [9.17, 15) is 4.79 Å². The molecule has 6 heteroatoms. The van der Waals surface area contributed by atoms with Gasteiger partial charge in [-0.15, -0.1) is 0 Å². The lowest BCUT2D eigenvalue weighted by Gasteiger charge is -2.32. The van der Waals surface area contributed by atoms with Gasteiger partial charge in [0, 0.05) is 13.1 Å². The Morgan fingerprint density at radius 1 is 1.33 bits per heavy atom. The molecule has 1 aromatic rings. The number of carbonyl (C=O) groups excluding carboxylic acids is 1. The average molecular weight is 248 g/mol. The molecular formula is C12H16N4O2. The van der Waals surface area contributed by atoms with Crippen LogP contribution in [-0.2, 0) is 4.74 Å². The topological polar surface area (TPSA) is 67.3 Å². The summed E-state index contributed by atoms with van der Waals surface area (Å²) in [6, 6.07) is 0. The van der Waals surface area contributed by atoms with Crippen LogP contribution in [0.25, 0.3) is 0 Å². The van der Waals surface area contributed by atoms with Gasteiger partial charge in [0.2, 0.25) is 0 Å². The minimum atomic E-state index is -0.446. The van der Waals surface area contributed by atoms with Crippen LogP contribution in [0.4, 0.5) is 16.4 Å². The minimum absolute atomic E-state index is 0.299. The molecule has 3 rings (SSSR count). The lowest BCUT2D eigenvalue weighted by atomic mass is 10.1. The molecule has 1 aromatic heterocycles. The van der Waals surface area contributed by atoms with E-state index >= 15 is 0 Å². The van der Waals surface area contributed by atoms with Crippen LogP contribution in [0.15, 0.2) is 6.33 Å². The highest BCUT2D eigenvalue weighted by atomic mass is 16.6. The van der Waals surface area contributed by atoms with E-state index in [0.717, 1.165) is 24.5 Å². The molecule has 2 aliphatic heterocycles. The molecule has 0 radical (unpaired) electrons. The van der Waals surface area contributed by atoms with Crippen molar-refractivity contribution >= 4 is 17.7 Å². The summed E-state index contributed by atoms with van der Waals surface area (Å²) in [5.74, 6) is 1.47. The highest BCUT2D eigenvalue weighted by Crippen LogP contribution is 2.35. The molecule has 0 spiro atoms. The molecule has 1 fully saturated rings. The maximum Gasteiger partial charge on any atom is 0.413 e. The van der Waals surface area contributed by atoms with E-state index in [1.165, 1.54) is 25.6 Å². The molecule has 0 aliphatic carbocycles. The van der Waals surface area contributed by atoms with Gasteiger partial charge in [-0.05, 0) is 26.2 Å². The number of cyclic esters (lactones) is 1. The molecule has 6 nitrogen and oxygen atoms in total. The van der Waals surface area contributed by atoms with E-state index in [0.29, 0.717) is 5.82 Å². The largest absolute Gasteiger partial charge is 0.441 e. The lowest BCUT2D eigenvalue weighted by Crippen LogP contribution is -2.33.